The number of thiophene rings is 1. The van der Waals surface area contributed by atoms with Gasteiger partial charge in [0.05, 0.1) is 12.5 Å². The van der Waals surface area contributed by atoms with E-state index < -0.39 is 0 Å². The summed E-state index contributed by atoms with van der Waals surface area (Å²) in [6.07, 6.45) is 1.41. The summed E-state index contributed by atoms with van der Waals surface area (Å²) in [5, 5.41) is 8.32. The Balaban J connectivity index is 2.17. The second-order valence-corrected chi connectivity index (χ2v) is 5.61. The first-order chi connectivity index (χ1) is 9.74. The summed E-state index contributed by atoms with van der Waals surface area (Å²) < 4.78 is 0. The Morgan fingerprint density at radius 3 is 2.70 bits per heavy atom. The Morgan fingerprint density at radius 1 is 1.25 bits per heavy atom. The van der Waals surface area contributed by atoms with Crippen LogP contribution in [-0.2, 0) is 11.2 Å². The summed E-state index contributed by atoms with van der Waals surface area (Å²) in [6, 6.07) is 12.5. The highest BCUT2D eigenvalue weighted by molar-refractivity contribution is 7.10. The maximum Gasteiger partial charge on any atom is 0.224 e. The molecule has 1 atom stereocenters. The van der Waals surface area contributed by atoms with E-state index in [-0.39, 0.29) is 5.91 Å². The third-order valence-corrected chi connectivity index (χ3v) is 4.26. The zero-order valence-corrected chi connectivity index (χ0v) is 12.7. The highest BCUT2D eigenvalue weighted by Crippen LogP contribution is 2.28. The van der Waals surface area contributed by atoms with Gasteiger partial charge in [0.1, 0.15) is 0 Å². The fourth-order valence-electron chi connectivity index (χ4n) is 2.13. The summed E-state index contributed by atoms with van der Waals surface area (Å²) in [4.78, 5) is 12.9. The maximum atomic E-state index is 11.6. The minimum atomic E-state index is 0.0309. The minimum absolute atomic E-state index is 0.0309. The standard InChI is InChI=1S/C16H20N2OS/c1-3-13(15-9-6-10-20-15)18-14-8-5-4-7-12(14)11-16(19)17-2/h4-10,13,18H,3,11H2,1-2H3,(H,17,19). The Morgan fingerprint density at radius 2 is 2.05 bits per heavy atom. The van der Waals surface area contributed by atoms with Gasteiger partial charge in [0.25, 0.3) is 0 Å². The average Bonchev–Trinajstić information content (AvgIpc) is 3.00. The van der Waals surface area contributed by atoms with Crippen molar-refractivity contribution in [2.75, 3.05) is 12.4 Å². The van der Waals surface area contributed by atoms with Gasteiger partial charge in [0.15, 0.2) is 0 Å². The third kappa shape index (κ3) is 3.61. The number of anilines is 1. The quantitative estimate of drug-likeness (QED) is 0.852. The smallest absolute Gasteiger partial charge is 0.224 e. The predicted octanol–water partition coefficient (Wildman–Crippen LogP) is 3.60. The van der Waals surface area contributed by atoms with Crippen LogP contribution in [0.15, 0.2) is 41.8 Å². The van der Waals surface area contributed by atoms with Crippen LogP contribution >= 0.6 is 11.3 Å². The molecule has 0 saturated heterocycles. The first-order valence-electron chi connectivity index (χ1n) is 6.83. The van der Waals surface area contributed by atoms with Crippen molar-refractivity contribution in [2.45, 2.75) is 25.8 Å². The SMILES string of the molecule is CCC(Nc1ccccc1CC(=O)NC)c1cccs1. The second-order valence-electron chi connectivity index (χ2n) is 4.63. The molecule has 0 saturated carbocycles. The number of likely N-dealkylation sites (N-methyl/N-ethyl adjacent to an activating group) is 1. The van der Waals surface area contributed by atoms with E-state index >= 15 is 0 Å². The number of nitrogens with one attached hydrogen (secondary N) is 2. The summed E-state index contributed by atoms with van der Waals surface area (Å²) in [6.45, 7) is 2.17. The molecule has 0 aliphatic heterocycles. The number of hydrogen-bond donors (Lipinski definition) is 2. The van der Waals surface area contributed by atoms with Crippen molar-refractivity contribution in [1.29, 1.82) is 0 Å². The van der Waals surface area contributed by atoms with Gasteiger partial charge in [-0.15, -0.1) is 11.3 Å². The van der Waals surface area contributed by atoms with Crippen LogP contribution < -0.4 is 10.6 Å². The van der Waals surface area contributed by atoms with E-state index in [1.807, 2.05) is 24.3 Å². The zero-order chi connectivity index (χ0) is 14.4. The molecule has 0 radical (unpaired) electrons. The summed E-state index contributed by atoms with van der Waals surface area (Å²) in [7, 11) is 1.67. The van der Waals surface area contributed by atoms with Gasteiger partial charge in [0.2, 0.25) is 5.91 Å². The van der Waals surface area contributed by atoms with Gasteiger partial charge in [-0.1, -0.05) is 31.2 Å². The highest BCUT2D eigenvalue weighted by atomic mass is 32.1. The number of amides is 1. The molecule has 1 amide bonds. The molecule has 0 spiro atoms. The number of carbonyl (C=O) groups is 1. The largest absolute Gasteiger partial charge is 0.377 e. The van der Waals surface area contributed by atoms with Gasteiger partial charge in [-0.3, -0.25) is 4.79 Å². The Labute approximate surface area is 124 Å². The third-order valence-electron chi connectivity index (χ3n) is 3.27. The highest BCUT2D eigenvalue weighted by Gasteiger charge is 2.13. The van der Waals surface area contributed by atoms with Gasteiger partial charge in [-0.2, -0.15) is 0 Å². The maximum absolute atomic E-state index is 11.6. The van der Waals surface area contributed by atoms with Crippen LogP contribution in [0.1, 0.15) is 29.8 Å². The van der Waals surface area contributed by atoms with Crippen LogP contribution in [0.25, 0.3) is 0 Å². The molecular formula is C16H20N2OS. The first kappa shape index (κ1) is 14.6. The Bertz CT molecular complexity index is 551. The van der Waals surface area contributed by atoms with E-state index in [1.165, 1.54) is 4.88 Å². The van der Waals surface area contributed by atoms with E-state index in [0.717, 1.165) is 17.7 Å². The number of rotatable bonds is 6. The predicted molar refractivity (Wildman–Crippen MR) is 85.2 cm³/mol. The lowest BCUT2D eigenvalue weighted by atomic mass is 10.1. The molecule has 0 aliphatic rings. The van der Waals surface area contributed by atoms with Crippen LogP contribution in [0, 0.1) is 0 Å². The number of para-hydroxylation sites is 1. The molecule has 0 fully saturated rings. The monoisotopic (exact) mass is 288 g/mol. The second kappa shape index (κ2) is 7.10. The summed E-state index contributed by atoms with van der Waals surface area (Å²) in [5.74, 6) is 0.0309. The van der Waals surface area contributed by atoms with Crippen LogP contribution in [0.5, 0.6) is 0 Å². The van der Waals surface area contributed by atoms with Crippen LogP contribution in [0.2, 0.25) is 0 Å². The average molecular weight is 288 g/mol. The Hall–Kier alpha value is -1.81. The van der Waals surface area contributed by atoms with E-state index in [2.05, 4.69) is 35.1 Å². The van der Waals surface area contributed by atoms with E-state index in [0.29, 0.717) is 12.5 Å². The molecule has 2 N–H and O–H groups in total. The molecule has 2 rings (SSSR count). The van der Waals surface area contributed by atoms with Gasteiger partial charge in [-0.05, 0) is 29.5 Å². The zero-order valence-electron chi connectivity index (χ0n) is 11.8. The van der Waals surface area contributed by atoms with E-state index in [9.17, 15) is 4.79 Å². The fourth-order valence-corrected chi connectivity index (χ4v) is 2.99. The molecule has 4 heteroatoms. The van der Waals surface area contributed by atoms with Crippen LogP contribution in [-0.4, -0.2) is 13.0 Å². The number of hydrogen-bond acceptors (Lipinski definition) is 3. The molecule has 3 nitrogen and oxygen atoms in total. The van der Waals surface area contributed by atoms with Gasteiger partial charge in [-0.25, -0.2) is 0 Å². The van der Waals surface area contributed by atoms with Crippen molar-refractivity contribution >= 4 is 22.9 Å². The topological polar surface area (TPSA) is 41.1 Å². The van der Waals surface area contributed by atoms with Gasteiger partial charge < -0.3 is 10.6 Å². The first-order valence-corrected chi connectivity index (χ1v) is 7.71. The van der Waals surface area contributed by atoms with Crippen molar-refractivity contribution in [3.8, 4) is 0 Å². The molecule has 106 valence electrons. The van der Waals surface area contributed by atoms with E-state index in [1.54, 1.807) is 18.4 Å². The molecule has 1 heterocycles. The summed E-state index contributed by atoms with van der Waals surface area (Å²) in [5.41, 5.74) is 2.07. The Kier molecular flexibility index (Phi) is 5.18. The van der Waals surface area contributed by atoms with Crippen LogP contribution in [0.3, 0.4) is 0 Å². The van der Waals surface area contributed by atoms with Crippen molar-refractivity contribution in [1.82, 2.24) is 5.32 Å². The van der Waals surface area contributed by atoms with Gasteiger partial charge in [0, 0.05) is 17.6 Å². The van der Waals surface area contributed by atoms with Crippen molar-refractivity contribution in [2.24, 2.45) is 0 Å². The van der Waals surface area contributed by atoms with Crippen molar-refractivity contribution in [3.63, 3.8) is 0 Å². The van der Waals surface area contributed by atoms with Crippen molar-refractivity contribution < 1.29 is 4.79 Å². The van der Waals surface area contributed by atoms with Crippen molar-refractivity contribution in [3.05, 3.63) is 52.2 Å². The lowest BCUT2D eigenvalue weighted by molar-refractivity contribution is -0.119. The molecular weight excluding hydrogens is 268 g/mol. The molecule has 2 aromatic rings. The van der Waals surface area contributed by atoms with E-state index in [4.69, 9.17) is 0 Å². The molecule has 0 aliphatic carbocycles. The lowest BCUT2D eigenvalue weighted by Crippen LogP contribution is -2.21. The number of carbonyl (C=O) groups excluding carboxylic acids is 1. The minimum Gasteiger partial charge on any atom is -0.377 e. The summed E-state index contributed by atoms with van der Waals surface area (Å²) >= 11 is 1.76. The van der Waals surface area contributed by atoms with Gasteiger partial charge >= 0.3 is 0 Å². The molecule has 20 heavy (non-hydrogen) atoms. The molecule has 0 bridgehead atoms. The fraction of sp³-hybridized carbons (Fsp3) is 0.312. The molecule has 1 unspecified atom stereocenters. The normalized spacial score (nSPS) is 11.9. The molecule has 1 aromatic heterocycles. The lowest BCUT2D eigenvalue weighted by Gasteiger charge is -2.19. The number of benzene rings is 1. The van der Waals surface area contributed by atoms with Crippen LogP contribution in [0.4, 0.5) is 5.69 Å². The molecule has 1 aromatic carbocycles.